The second-order valence-electron chi connectivity index (χ2n) is 6.82. The van der Waals surface area contributed by atoms with Gasteiger partial charge in [0.1, 0.15) is 11.6 Å². The molecular weight excluding hydrogens is 322 g/mol. The monoisotopic (exact) mass is 339 g/mol. The molecule has 1 aliphatic heterocycles. The van der Waals surface area contributed by atoms with E-state index in [4.69, 9.17) is 22.3 Å². The Morgan fingerprint density at radius 3 is 2.71 bits per heavy atom. The van der Waals surface area contributed by atoms with Gasteiger partial charge < -0.3 is 15.2 Å². The molecule has 0 bridgehead atoms. The Bertz CT molecular complexity index is 938. The first-order valence-electron chi connectivity index (χ1n) is 8.21. The SMILES string of the molecule is Cn1c(-c2cc(N3C[C@@H]4[C@H](N)[C@@H]4C3)ncc2Cl)nc2ccccc21. The lowest BCUT2D eigenvalue weighted by molar-refractivity contribution is 0.735. The third-order valence-electron chi connectivity index (χ3n) is 5.45. The Balaban J connectivity index is 1.57. The van der Waals surface area contributed by atoms with Crippen LogP contribution in [-0.2, 0) is 7.05 Å². The number of para-hydroxylation sites is 2. The first-order chi connectivity index (χ1) is 11.6. The van der Waals surface area contributed by atoms with Crippen LogP contribution in [0.2, 0.25) is 5.02 Å². The highest BCUT2D eigenvalue weighted by atomic mass is 35.5. The molecule has 122 valence electrons. The van der Waals surface area contributed by atoms with Crippen molar-refractivity contribution in [2.24, 2.45) is 24.6 Å². The maximum Gasteiger partial charge on any atom is 0.142 e. The maximum absolute atomic E-state index is 6.44. The van der Waals surface area contributed by atoms with Crippen molar-refractivity contribution in [2.75, 3.05) is 18.0 Å². The summed E-state index contributed by atoms with van der Waals surface area (Å²) < 4.78 is 2.08. The molecule has 2 aliphatic rings. The summed E-state index contributed by atoms with van der Waals surface area (Å²) in [5.74, 6) is 3.08. The van der Waals surface area contributed by atoms with Gasteiger partial charge in [0, 0.05) is 37.9 Å². The predicted molar refractivity (Wildman–Crippen MR) is 96.1 cm³/mol. The summed E-state index contributed by atoms with van der Waals surface area (Å²) in [6.45, 7) is 1.98. The number of hydrogen-bond acceptors (Lipinski definition) is 4. The van der Waals surface area contributed by atoms with Crippen molar-refractivity contribution in [2.45, 2.75) is 6.04 Å². The number of nitrogens with zero attached hydrogens (tertiary/aromatic N) is 4. The van der Waals surface area contributed by atoms with Gasteiger partial charge in [-0.1, -0.05) is 23.7 Å². The fraction of sp³-hybridized carbons (Fsp3) is 0.333. The van der Waals surface area contributed by atoms with E-state index in [-0.39, 0.29) is 0 Å². The molecule has 0 spiro atoms. The fourth-order valence-electron chi connectivity index (χ4n) is 3.92. The van der Waals surface area contributed by atoms with Crippen molar-refractivity contribution in [3.63, 3.8) is 0 Å². The minimum atomic E-state index is 0.382. The van der Waals surface area contributed by atoms with Crippen LogP contribution in [-0.4, -0.2) is 33.7 Å². The number of piperidine rings is 1. The van der Waals surface area contributed by atoms with Gasteiger partial charge in [0.25, 0.3) is 0 Å². The van der Waals surface area contributed by atoms with E-state index in [1.54, 1.807) is 6.20 Å². The number of aryl methyl sites for hydroxylation is 1. The van der Waals surface area contributed by atoms with Crippen LogP contribution >= 0.6 is 11.6 Å². The third-order valence-corrected chi connectivity index (χ3v) is 5.75. The van der Waals surface area contributed by atoms with Crippen molar-refractivity contribution >= 4 is 28.5 Å². The second-order valence-corrected chi connectivity index (χ2v) is 7.22. The van der Waals surface area contributed by atoms with Crippen LogP contribution < -0.4 is 10.6 Å². The number of imidazole rings is 1. The molecule has 1 saturated carbocycles. The minimum absolute atomic E-state index is 0.382. The molecule has 3 heterocycles. The van der Waals surface area contributed by atoms with Gasteiger partial charge in [-0.25, -0.2) is 9.97 Å². The summed E-state index contributed by atoms with van der Waals surface area (Å²) in [5, 5.41) is 0.623. The molecule has 2 N–H and O–H groups in total. The van der Waals surface area contributed by atoms with E-state index in [0.29, 0.717) is 22.9 Å². The van der Waals surface area contributed by atoms with Crippen LogP contribution in [0.3, 0.4) is 0 Å². The van der Waals surface area contributed by atoms with Crippen LogP contribution in [0.15, 0.2) is 36.5 Å². The van der Waals surface area contributed by atoms with Gasteiger partial charge in [-0.05, 0) is 30.0 Å². The minimum Gasteiger partial charge on any atom is -0.356 e. The molecule has 0 unspecified atom stereocenters. The van der Waals surface area contributed by atoms with Crippen LogP contribution in [0.4, 0.5) is 5.82 Å². The standard InChI is InChI=1S/C18H18ClN5/c1-23-15-5-3-2-4-14(15)22-18(23)10-6-16(21-7-13(10)19)24-8-11-12(9-24)17(11)20/h2-7,11-12,17H,8-9,20H2,1H3/t11-,12+,17-. The molecule has 0 amide bonds. The van der Waals surface area contributed by atoms with Crippen LogP contribution in [0.1, 0.15) is 0 Å². The van der Waals surface area contributed by atoms with Gasteiger partial charge in [-0.15, -0.1) is 0 Å². The summed E-state index contributed by atoms with van der Waals surface area (Å²) in [5.41, 5.74) is 9.02. The highest BCUT2D eigenvalue weighted by molar-refractivity contribution is 6.33. The van der Waals surface area contributed by atoms with E-state index < -0.39 is 0 Å². The number of pyridine rings is 1. The van der Waals surface area contributed by atoms with E-state index in [1.807, 2.05) is 25.2 Å². The zero-order chi connectivity index (χ0) is 16.4. The smallest absolute Gasteiger partial charge is 0.142 e. The van der Waals surface area contributed by atoms with Crippen LogP contribution in [0.25, 0.3) is 22.4 Å². The number of nitrogens with two attached hydrogens (primary N) is 1. The number of fused-ring (bicyclic) bond motifs is 2. The Morgan fingerprint density at radius 1 is 1.21 bits per heavy atom. The highest BCUT2D eigenvalue weighted by Gasteiger charge is 2.53. The number of hydrogen-bond donors (Lipinski definition) is 1. The van der Waals surface area contributed by atoms with Gasteiger partial charge in [0.05, 0.1) is 16.1 Å². The Morgan fingerprint density at radius 2 is 1.96 bits per heavy atom. The lowest BCUT2D eigenvalue weighted by Gasteiger charge is -2.21. The predicted octanol–water partition coefficient (Wildman–Crippen LogP) is 2.68. The molecule has 1 aliphatic carbocycles. The van der Waals surface area contributed by atoms with E-state index in [9.17, 15) is 0 Å². The summed E-state index contributed by atoms with van der Waals surface area (Å²) >= 11 is 6.44. The maximum atomic E-state index is 6.44. The van der Waals surface area contributed by atoms with E-state index in [2.05, 4.69) is 26.6 Å². The van der Waals surface area contributed by atoms with E-state index in [1.165, 1.54) is 0 Å². The Labute approximate surface area is 145 Å². The molecule has 3 atom stereocenters. The number of halogens is 1. The van der Waals surface area contributed by atoms with Gasteiger partial charge >= 0.3 is 0 Å². The molecule has 5 nitrogen and oxygen atoms in total. The highest BCUT2D eigenvalue weighted by Crippen LogP contribution is 2.45. The van der Waals surface area contributed by atoms with Crippen molar-refractivity contribution in [3.8, 4) is 11.4 Å². The first-order valence-corrected chi connectivity index (χ1v) is 8.59. The second kappa shape index (κ2) is 4.94. The Kier molecular flexibility index (Phi) is 2.94. The lowest BCUT2D eigenvalue weighted by Crippen LogP contribution is -2.28. The number of aromatic nitrogens is 3. The Hall–Kier alpha value is -2.11. The van der Waals surface area contributed by atoms with Crippen LogP contribution in [0, 0.1) is 11.8 Å². The number of rotatable bonds is 2. The zero-order valence-electron chi connectivity index (χ0n) is 13.4. The summed E-state index contributed by atoms with van der Waals surface area (Å²) in [7, 11) is 2.02. The molecule has 6 heteroatoms. The van der Waals surface area contributed by atoms with Gasteiger partial charge in [-0.3, -0.25) is 0 Å². The molecular formula is C18H18ClN5. The number of benzene rings is 1. The molecule has 1 saturated heterocycles. The molecule has 1 aromatic carbocycles. The van der Waals surface area contributed by atoms with Gasteiger partial charge in [-0.2, -0.15) is 0 Å². The largest absolute Gasteiger partial charge is 0.356 e. The fourth-order valence-corrected chi connectivity index (χ4v) is 4.11. The van der Waals surface area contributed by atoms with Crippen molar-refractivity contribution in [1.82, 2.24) is 14.5 Å². The average molecular weight is 340 g/mol. The summed E-state index contributed by atoms with van der Waals surface area (Å²) in [6, 6.07) is 10.5. The molecule has 3 aromatic rings. The molecule has 5 rings (SSSR count). The zero-order valence-corrected chi connectivity index (χ0v) is 14.1. The van der Waals surface area contributed by atoms with Crippen LogP contribution in [0.5, 0.6) is 0 Å². The quantitative estimate of drug-likeness (QED) is 0.779. The van der Waals surface area contributed by atoms with E-state index in [0.717, 1.165) is 41.3 Å². The first kappa shape index (κ1) is 14.3. The summed E-state index contributed by atoms with van der Waals surface area (Å²) in [6.07, 6.45) is 1.73. The normalized spacial score (nSPS) is 25.3. The molecule has 2 aromatic heterocycles. The summed E-state index contributed by atoms with van der Waals surface area (Å²) in [4.78, 5) is 11.6. The lowest BCUT2D eigenvalue weighted by atomic mass is 10.2. The topological polar surface area (TPSA) is 60.0 Å². The van der Waals surface area contributed by atoms with Gasteiger partial charge in [0.15, 0.2) is 0 Å². The average Bonchev–Trinajstić information content (AvgIpc) is 2.95. The molecule has 24 heavy (non-hydrogen) atoms. The van der Waals surface area contributed by atoms with Crippen molar-refractivity contribution in [3.05, 3.63) is 41.6 Å². The van der Waals surface area contributed by atoms with Crippen molar-refractivity contribution < 1.29 is 0 Å². The molecule has 0 radical (unpaired) electrons. The van der Waals surface area contributed by atoms with Gasteiger partial charge in [0.2, 0.25) is 0 Å². The number of anilines is 1. The molecule has 2 fully saturated rings. The van der Waals surface area contributed by atoms with E-state index >= 15 is 0 Å². The third kappa shape index (κ3) is 1.98. The van der Waals surface area contributed by atoms with Crippen molar-refractivity contribution in [1.29, 1.82) is 0 Å².